The molecule has 0 saturated carbocycles. The summed E-state index contributed by atoms with van der Waals surface area (Å²) in [6.07, 6.45) is 2.52. The van der Waals surface area contributed by atoms with Gasteiger partial charge in [0.1, 0.15) is 5.82 Å². The highest BCUT2D eigenvalue weighted by Crippen LogP contribution is 2.26. The van der Waals surface area contributed by atoms with Gasteiger partial charge in [0.2, 0.25) is 0 Å². The number of benzene rings is 1. The average Bonchev–Trinajstić information content (AvgIpc) is 2.67. The lowest BCUT2D eigenvalue weighted by atomic mass is 10.0. The Balaban J connectivity index is 2.17. The molecule has 3 heteroatoms. The van der Waals surface area contributed by atoms with E-state index in [1.165, 1.54) is 12.1 Å². The minimum atomic E-state index is -0.380. The average molecular weight is 192 g/mol. The monoisotopic (exact) mass is 192 g/mol. The molecule has 0 aromatic heterocycles. The molecule has 2 rings (SSSR count). The Morgan fingerprint density at radius 2 is 2.07 bits per heavy atom. The predicted molar refractivity (Wildman–Crippen MR) is 49.9 cm³/mol. The maximum Gasteiger partial charge on any atom is 0.160 e. The third kappa shape index (κ3) is 1.66. The van der Waals surface area contributed by atoms with Gasteiger partial charge in [-0.3, -0.25) is 4.79 Å². The van der Waals surface area contributed by atoms with Gasteiger partial charge < -0.3 is 4.74 Å². The minimum Gasteiger partial charge on any atom is -0.490 e. The van der Waals surface area contributed by atoms with E-state index in [0.29, 0.717) is 6.42 Å². The van der Waals surface area contributed by atoms with Crippen molar-refractivity contribution in [2.45, 2.75) is 12.5 Å². The summed E-state index contributed by atoms with van der Waals surface area (Å²) in [7, 11) is 0. The molecule has 0 bridgehead atoms. The topological polar surface area (TPSA) is 26.3 Å². The van der Waals surface area contributed by atoms with Gasteiger partial charge in [-0.25, -0.2) is 4.39 Å². The van der Waals surface area contributed by atoms with Gasteiger partial charge >= 0.3 is 0 Å². The third-order valence-electron chi connectivity index (χ3n) is 2.17. The first-order valence-electron chi connectivity index (χ1n) is 4.35. The van der Waals surface area contributed by atoms with Crippen molar-refractivity contribution >= 4 is 11.9 Å². The highest BCUT2D eigenvalue weighted by Gasteiger charge is 2.18. The van der Waals surface area contributed by atoms with Crippen LogP contribution >= 0.6 is 0 Å². The Hall–Kier alpha value is -1.64. The summed E-state index contributed by atoms with van der Waals surface area (Å²) in [5, 5.41) is 0. The SMILES string of the molecule is O=CC1CC(c2ccc(F)cc2)=CO1. The van der Waals surface area contributed by atoms with E-state index in [1.54, 1.807) is 18.4 Å². The zero-order chi connectivity index (χ0) is 9.97. The van der Waals surface area contributed by atoms with E-state index >= 15 is 0 Å². The Labute approximate surface area is 81.0 Å². The predicted octanol–water partition coefficient (Wildman–Crippen LogP) is 2.15. The third-order valence-corrected chi connectivity index (χ3v) is 2.17. The van der Waals surface area contributed by atoms with Gasteiger partial charge in [0.15, 0.2) is 12.4 Å². The molecule has 0 N–H and O–H groups in total. The zero-order valence-corrected chi connectivity index (χ0v) is 7.44. The highest BCUT2D eigenvalue weighted by molar-refractivity contribution is 5.72. The second-order valence-corrected chi connectivity index (χ2v) is 3.16. The van der Waals surface area contributed by atoms with Crippen molar-refractivity contribution < 1.29 is 13.9 Å². The Bertz CT molecular complexity index is 367. The summed E-state index contributed by atoms with van der Waals surface area (Å²) in [5.41, 5.74) is 1.83. The van der Waals surface area contributed by atoms with Gasteiger partial charge in [0.25, 0.3) is 0 Å². The van der Waals surface area contributed by atoms with Crippen LogP contribution in [0.1, 0.15) is 12.0 Å². The molecule has 0 saturated heterocycles. The molecule has 1 aromatic rings. The fraction of sp³-hybridized carbons (Fsp3) is 0.182. The van der Waals surface area contributed by atoms with Crippen LogP contribution in [-0.4, -0.2) is 12.4 Å². The van der Waals surface area contributed by atoms with Crippen LogP contribution in [-0.2, 0) is 9.53 Å². The molecule has 1 aromatic carbocycles. The number of halogens is 1. The van der Waals surface area contributed by atoms with E-state index in [9.17, 15) is 9.18 Å². The molecule has 0 spiro atoms. The van der Waals surface area contributed by atoms with E-state index < -0.39 is 0 Å². The van der Waals surface area contributed by atoms with Crippen molar-refractivity contribution in [3.8, 4) is 0 Å². The van der Waals surface area contributed by atoms with Crippen molar-refractivity contribution in [1.82, 2.24) is 0 Å². The van der Waals surface area contributed by atoms with Crippen molar-refractivity contribution in [3.63, 3.8) is 0 Å². The first-order chi connectivity index (χ1) is 6.79. The van der Waals surface area contributed by atoms with Gasteiger partial charge in [-0.05, 0) is 23.3 Å². The first-order valence-corrected chi connectivity index (χ1v) is 4.35. The van der Waals surface area contributed by atoms with Gasteiger partial charge in [0, 0.05) is 6.42 Å². The molecular weight excluding hydrogens is 183 g/mol. The van der Waals surface area contributed by atoms with Crippen LogP contribution in [0.5, 0.6) is 0 Å². The quantitative estimate of drug-likeness (QED) is 0.671. The molecule has 1 aliphatic heterocycles. The molecule has 0 aliphatic carbocycles. The number of aldehydes is 1. The second kappa shape index (κ2) is 3.62. The molecule has 2 nitrogen and oxygen atoms in total. The summed E-state index contributed by atoms with van der Waals surface area (Å²) in [6.45, 7) is 0. The van der Waals surface area contributed by atoms with Crippen molar-refractivity contribution in [2.75, 3.05) is 0 Å². The summed E-state index contributed by atoms with van der Waals surface area (Å²) >= 11 is 0. The van der Waals surface area contributed by atoms with Crippen LogP contribution in [0.25, 0.3) is 5.57 Å². The number of carbonyl (C=O) groups is 1. The van der Waals surface area contributed by atoms with Crippen molar-refractivity contribution in [2.24, 2.45) is 0 Å². The van der Waals surface area contributed by atoms with Gasteiger partial charge in [0.05, 0.1) is 6.26 Å². The molecule has 1 heterocycles. The first kappa shape index (κ1) is 8.94. The maximum absolute atomic E-state index is 12.6. The lowest BCUT2D eigenvalue weighted by Gasteiger charge is -2.00. The minimum absolute atomic E-state index is 0.264. The Morgan fingerprint density at radius 3 is 2.64 bits per heavy atom. The van der Waals surface area contributed by atoms with Crippen LogP contribution in [0.4, 0.5) is 4.39 Å². The molecule has 0 radical (unpaired) electrons. The summed E-state index contributed by atoms with van der Waals surface area (Å²) in [6, 6.07) is 6.14. The lowest BCUT2D eigenvalue weighted by molar-refractivity contribution is -0.114. The number of ether oxygens (including phenoxy) is 1. The van der Waals surface area contributed by atoms with Gasteiger partial charge in [-0.2, -0.15) is 0 Å². The molecular formula is C11H9FO2. The van der Waals surface area contributed by atoms with Crippen molar-refractivity contribution in [1.29, 1.82) is 0 Å². The van der Waals surface area contributed by atoms with Crippen LogP contribution in [0, 0.1) is 5.82 Å². The highest BCUT2D eigenvalue weighted by atomic mass is 19.1. The van der Waals surface area contributed by atoms with Crippen LogP contribution in [0.15, 0.2) is 30.5 Å². The number of carbonyl (C=O) groups excluding carboxylic acids is 1. The fourth-order valence-electron chi connectivity index (χ4n) is 1.41. The fourth-order valence-corrected chi connectivity index (χ4v) is 1.41. The van der Waals surface area contributed by atoms with Crippen molar-refractivity contribution in [3.05, 3.63) is 41.9 Å². The van der Waals surface area contributed by atoms with Crippen LogP contribution < -0.4 is 0 Å². The molecule has 72 valence electrons. The standard InChI is InChI=1S/C11H9FO2/c12-10-3-1-8(2-4-10)9-5-11(6-13)14-7-9/h1-4,6-7,11H,5H2. The number of rotatable bonds is 2. The maximum atomic E-state index is 12.6. The Kier molecular flexibility index (Phi) is 2.31. The van der Waals surface area contributed by atoms with E-state index in [0.717, 1.165) is 17.4 Å². The summed E-state index contributed by atoms with van der Waals surface area (Å²) < 4.78 is 17.7. The largest absolute Gasteiger partial charge is 0.490 e. The molecule has 1 atom stereocenters. The van der Waals surface area contributed by atoms with E-state index in [1.807, 2.05) is 0 Å². The molecule has 0 fully saturated rings. The summed E-state index contributed by atoms with van der Waals surface area (Å²) in [4.78, 5) is 10.4. The molecule has 14 heavy (non-hydrogen) atoms. The van der Waals surface area contributed by atoms with E-state index in [4.69, 9.17) is 4.74 Å². The van der Waals surface area contributed by atoms with Crippen LogP contribution in [0.3, 0.4) is 0 Å². The molecule has 0 amide bonds. The second-order valence-electron chi connectivity index (χ2n) is 3.16. The van der Waals surface area contributed by atoms with Gasteiger partial charge in [-0.15, -0.1) is 0 Å². The smallest absolute Gasteiger partial charge is 0.160 e. The molecule has 1 unspecified atom stereocenters. The summed E-state index contributed by atoms with van der Waals surface area (Å²) in [5.74, 6) is -0.264. The number of hydrogen-bond donors (Lipinski definition) is 0. The zero-order valence-electron chi connectivity index (χ0n) is 7.44. The van der Waals surface area contributed by atoms with Gasteiger partial charge in [-0.1, -0.05) is 12.1 Å². The molecule has 1 aliphatic rings. The van der Waals surface area contributed by atoms with Crippen LogP contribution in [0.2, 0.25) is 0 Å². The lowest BCUT2D eigenvalue weighted by Crippen LogP contribution is -2.05. The van der Waals surface area contributed by atoms with E-state index in [2.05, 4.69) is 0 Å². The normalized spacial score (nSPS) is 20.1. The van der Waals surface area contributed by atoms with E-state index in [-0.39, 0.29) is 11.9 Å². The number of hydrogen-bond acceptors (Lipinski definition) is 2. The Morgan fingerprint density at radius 1 is 1.36 bits per heavy atom.